The molecule has 0 amide bonds. The third kappa shape index (κ3) is 4.57. The summed E-state index contributed by atoms with van der Waals surface area (Å²) in [6, 6.07) is 9.34. The van der Waals surface area contributed by atoms with Crippen LogP contribution in [-0.2, 0) is 11.8 Å². The van der Waals surface area contributed by atoms with Gasteiger partial charge in [-0.3, -0.25) is 0 Å². The molecule has 0 unspecified atom stereocenters. The smallest absolute Gasteiger partial charge is 0.00466 e. The summed E-state index contributed by atoms with van der Waals surface area (Å²) in [4.78, 5) is 0. The van der Waals surface area contributed by atoms with Crippen LogP contribution in [0.2, 0.25) is 0 Å². The van der Waals surface area contributed by atoms with Gasteiger partial charge in [0.25, 0.3) is 0 Å². The minimum absolute atomic E-state index is 0.262. The number of hydrogen-bond acceptors (Lipinski definition) is 1. The van der Waals surface area contributed by atoms with Crippen LogP contribution in [0.15, 0.2) is 24.3 Å². The average molecular weight is 287 g/mol. The molecule has 1 aromatic carbocycles. The summed E-state index contributed by atoms with van der Waals surface area (Å²) in [6.45, 7) is 8.02. The lowest BCUT2D eigenvalue weighted by atomic mass is 9.77. The highest BCUT2D eigenvalue weighted by molar-refractivity contribution is 5.27. The first-order valence-corrected chi connectivity index (χ1v) is 8.69. The number of hydrogen-bond donors (Lipinski definition) is 1. The highest BCUT2D eigenvalue weighted by Crippen LogP contribution is 2.44. The fourth-order valence-corrected chi connectivity index (χ4v) is 3.72. The molecule has 0 saturated heterocycles. The number of nitrogens with one attached hydrogen (secondary N) is 1. The van der Waals surface area contributed by atoms with E-state index in [1.807, 2.05) is 0 Å². The molecule has 2 rings (SSSR count). The molecule has 1 N–H and O–H groups in total. The van der Waals surface area contributed by atoms with E-state index in [9.17, 15) is 0 Å². The van der Waals surface area contributed by atoms with Gasteiger partial charge in [0.1, 0.15) is 0 Å². The Balaban J connectivity index is 1.94. The van der Waals surface area contributed by atoms with Crippen molar-refractivity contribution in [2.75, 3.05) is 13.6 Å². The molecule has 0 aliphatic heterocycles. The van der Waals surface area contributed by atoms with Crippen molar-refractivity contribution >= 4 is 0 Å². The molecule has 0 radical (unpaired) electrons. The summed E-state index contributed by atoms with van der Waals surface area (Å²) in [5.41, 5.74) is 3.83. The molecular weight excluding hydrogens is 254 g/mol. The second kappa shape index (κ2) is 6.96. The van der Waals surface area contributed by atoms with Gasteiger partial charge in [-0.1, -0.05) is 57.9 Å². The van der Waals surface area contributed by atoms with Crippen molar-refractivity contribution in [2.45, 2.75) is 71.1 Å². The van der Waals surface area contributed by atoms with Gasteiger partial charge in [0.15, 0.2) is 0 Å². The van der Waals surface area contributed by atoms with Gasteiger partial charge in [0, 0.05) is 0 Å². The van der Waals surface area contributed by atoms with Crippen molar-refractivity contribution < 1.29 is 0 Å². The quantitative estimate of drug-likeness (QED) is 0.768. The molecule has 1 aliphatic carbocycles. The first kappa shape index (κ1) is 16.5. The topological polar surface area (TPSA) is 12.0 Å². The average Bonchev–Trinajstić information content (AvgIpc) is 2.92. The van der Waals surface area contributed by atoms with E-state index in [2.05, 4.69) is 57.4 Å². The molecule has 0 aromatic heterocycles. The fraction of sp³-hybridized carbons (Fsp3) is 0.700. The third-order valence-corrected chi connectivity index (χ3v) is 5.33. The monoisotopic (exact) mass is 287 g/mol. The van der Waals surface area contributed by atoms with Crippen LogP contribution in [-0.4, -0.2) is 13.6 Å². The summed E-state index contributed by atoms with van der Waals surface area (Å²) in [7, 11) is 2.08. The van der Waals surface area contributed by atoms with Crippen molar-refractivity contribution in [3.8, 4) is 0 Å². The van der Waals surface area contributed by atoms with Gasteiger partial charge < -0.3 is 5.32 Å². The van der Waals surface area contributed by atoms with E-state index < -0.39 is 0 Å². The molecule has 0 heterocycles. The summed E-state index contributed by atoms with van der Waals surface area (Å²) >= 11 is 0. The minimum Gasteiger partial charge on any atom is -0.320 e. The van der Waals surface area contributed by atoms with Gasteiger partial charge in [-0.05, 0) is 67.7 Å². The van der Waals surface area contributed by atoms with Crippen molar-refractivity contribution in [2.24, 2.45) is 5.41 Å². The van der Waals surface area contributed by atoms with Crippen LogP contribution >= 0.6 is 0 Å². The molecule has 0 bridgehead atoms. The molecule has 0 spiro atoms. The van der Waals surface area contributed by atoms with Gasteiger partial charge in [-0.15, -0.1) is 0 Å². The van der Waals surface area contributed by atoms with E-state index in [-0.39, 0.29) is 5.41 Å². The Kier molecular flexibility index (Phi) is 5.48. The Morgan fingerprint density at radius 3 is 2.14 bits per heavy atom. The van der Waals surface area contributed by atoms with E-state index >= 15 is 0 Å². The van der Waals surface area contributed by atoms with Gasteiger partial charge >= 0.3 is 0 Å². The van der Waals surface area contributed by atoms with Gasteiger partial charge in [-0.2, -0.15) is 0 Å². The van der Waals surface area contributed by atoms with E-state index in [0.717, 1.165) is 0 Å². The lowest BCUT2D eigenvalue weighted by Crippen LogP contribution is -2.23. The van der Waals surface area contributed by atoms with Gasteiger partial charge in [0.2, 0.25) is 0 Å². The van der Waals surface area contributed by atoms with Crippen molar-refractivity contribution in [1.82, 2.24) is 5.32 Å². The Hall–Kier alpha value is -0.820. The van der Waals surface area contributed by atoms with Crippen LogP contribution in [0.1, 0.15) is 70.4 Å². The zero-order valence-corrected chi connectivity index (χ0v) is 14.5. The van der Waals surface area contributed by atoms with E-state index in [1.54, 1.807) is 0 Å². The highest BCUT2D eigenvalue weighted by atomic mass is 14.8. The molecule has 1 saturated carbocycles. The minimum atomic E-state index is 0.262. The summed E-state index contributed by atoms with van der Waals surface area (Å²) in [5, 5.41) is 3.34. The summed E-state index contributed by atoms with van der Waals surface area (Å²) in [6.07, 6.45) is 9.71. The molecule has 0 atom stereocenters. The maximum absolute atomic E-state index is 3.34. The molecular formula is C20H33N. The normalized spacial score (nSPS) is 18.1. The Morgan fingerprint density at radius 1 is 1.00 bits per heavy atom. The predicted octanol–water partition coefficient (Wildman–Crippen LogP) is 5.09. The molecule has 118 valence electrons. The van der Waals surface area contributed by atoms with Crippen LogP contribution in [0.3, 0.4) is 0 Å². The van der Waals surface area contributed by atoms with Crippen LogP contribution in [0, 0.1) is 5.41 Å². The molecule has 1 nitrogen and oxygen atoms in total. The van der Waals surface area contributed by atoms with E-state index in [4.69, 9.17) is 0 Å². The van der Waals surface area contributed by atoms with Crippen LogP contribution < -0.4 is 5.32 Å². The lowest BCUT2D eigenvalue weighted by molar-refractivity contribution is 0.247. The number of rotatable bonds is 6. The molecule has 1 aliphatic rings. The number of aryl methyl sites for hydroxylation is 1. The molecule has 1 heteroatoms. The van der Waals surface area contributed by atoms with Crippen LogP contribution in [0.5, 0.6) is 0 Å². The van der Waals surface area contributed by atoms with Gasteiger partial charge in [-0.25, -0.2) is 0 Å². The van der Waals surface area contributed by atoms with Crippen LogP contribution in [0.25, 0.3) is 0 Å². The third-order valence-electron chi connectivity index (χ3n) is 5.33. The Labute approximate surface area is 131 Å². The van der Waals surface area contributed by atoms with E-state index in [0.29, 0.717) is 5.41 Å². The summed E-state index contributed by atoms with van der Waals surface area (Å²) < 4.78 is 0. The Morgan fingerprint density at radius 2 is 1.62 bits per heavy atom. The first-order valence-electron chi connectivity index (χ1n) is 8.69. The standard InChI is InChI=1S/C20H33N/c1-19(2,3)18-9-7-17(8-10-18)11-14-20(15-16-21-4)12-5-6-13-20/h7-10,21H,5-6,11-16H2,1-4H3. The lowest BCUT2D eigenvalue weighted by Gasteiger charge is -2.29. The van der Waals surface area contributed by atoms with Gasteiger partial charge in [0.05, 0.1) is 0 Å². The second-order valence-corrected chi connectivity index (χ2v) is 8.01. The molecule has 21 heavy (non-hydrogen) atoms. The maximum atomic E-state index is 3.34. The maximum Gasteiger partial charge on any atom is -0.00466 e. The largest absolute Gasteiger partial charge is 0.320 e. The predicted molar refractivity (Wildman–Crippen MR) is 92.9 cm³/mol. The first-order chi connectivity index (χ1) is 9.95. The number of benzene rings is 1. The van der Waals surface area contributed by atoms with Crippen molar-refractivity contribution in [3.63, 3.8) is 0 Å². The molecule has 1 aromatic rings. The highest BCUT2D eigenvalue weighted by Gasteiger charge is 2.32. The van der Waals surface area contributed by atoms with Crippen molar-refractivity contribution in [3.05, 3.63) is 35.4 Å². The zero-order chi connectivity index (χ0) is 15.3. The van der Waals surface area contributed by atoms with Crippen molar-refractivity contribution in [1.29, 1.82) is 0 Å². The SMILES string of the molecule is CNCCC1(CCc2ccc(C(C)(C)C)cc2)CCCC1. The zero-order valence-electron chi connectivity index (χ0n) is 14.5. The van der Waals surface area contributed by atoms with Crippen LogP contribution in [0.4, 0.5) is 0 Å². The Bertz CT molecular complexity index is 418. The van der Waals surface area contributed by atoms with E-state index in [1.165, 1.54) is 62.6 Å². The summed E-state index contributed by atoms with van der Waals surface area (Å²) in [5.74, 6) is 0. The fourth-order valence-electron chi connectivity index (χ4n) is 3.72. The molecule has 1 fully saturated rings. The second-order valence-electron chi connectivity index (χ2n) is 8.01.